The van der Waals surface area contributed by atoms with Crippen LogP contribution < -0.4 is 14.9 Å². The molecule has 2 aromatic rings. The summed E-state index contributed by atoms with van der Waals surface area (Å²) in [6.07, 6.45) is 6.01. The number of nitrogens with one attached hydrogen (secondary N) is 2. The van der Waals surface area contributed by atoms with Gasteiger partial charge < -0.3 is 15.1 Å². The van der Waals surface area contributed by atoms with Crippen LogP contribution in [0.2, 0.25) is 0 Å². The zero-order chi connectivity index (χ0) is 25.5. The average molecular weight is 513 g/mol. The third kappa shape index (κ3) is 6.47. The smallest absolute Gasteiger partial charge is 0.243 e. The molecule has 1 aliphatic heterocycles. The Hall–Kier alpha value is -2.42. The summed E-state index contributed by atoms with van der Waals surface area (Å²) in [5, 5.41) is 2.92. The second-order valence-electron chi connectivity index (χ2n) is 9.87. The fraction of sp³-hybridized carbons (Fsp3) is 0.536. The number of hydrogen-bond donors (Lipinski definition) is 2. The molecule has 196 valence electrons. The number of fused-ring (bicyclic) bond motifs is 1. The van der Waals surface area contributed by atoms with Gasteiger partial charge in [-0.2, -0.15) is 0 Å². The van der Waals surface area contributed by atoms with Crippen LogP contribution in [0.3, 0.4) is 0 Å². The van der Waals surface area contributed by atoms with Gasteiger partial charge in [0.15, 0.2) is 0 Å². The Morgan fingerprint density at radius 1 is 1.03 bits per heavy atom. The molecule has 2 N–H and O–H groups in total. The van der Waals surface area contributed by atoms with Gasteiger partial charge in [-0.3, -0.25) is 4.79 Å². The van der Waals surface area contributed by atoms with Crippen molar-refractivity contribution in [3.05, 3.63) is 53.6 Å². The van der Waals surface area contributed by atoms with Crippen molar-refractivity contribution < 1.29 is 13.2 Å². The lowest BCUT2D eigenvalue weighted by Crippen LogP contribution is -2.46. The van der Waals surface area contributed by atoms with E-state index in [4.69, 9.17) is 0 Å². The maximum atomic E-state index is 13.9. The van der Waals surface area contributed by atoms with Gasteiger partial charge in [-0.1, -0.05) is 51.0 Å². The van der Waals surface area contributed by atoms with Gasteiger partial charge in [0.1, 0.15) is 4.90 Å². The van der Waals surface area contributed by atoms with E-state index in [1.54, 1.807) is 6.07 Å². The number of piperazine rings is 1. The molecular formula is C28H40N4O3S. The molecule has 0 unspecified atom stereocenters. The third-order valence-electron chi connectivity index (χ3n) is 7.37. The maximum absolute atomic E-state index is 13.9. The summed E-state index contributed by atoms with van der Waals surface area (Å²) < 4.78 is 30.8. The zero-order valence-electron chi connectivity index (χ0n) is 21.6. The highest BCUT2D eigenvalue weighted by Crippen LogP contribution is 2.34. The molecule has 2 aromatic carbocycles. The number of anilines is 2. The lowest BCUT2D eigenvalue weighted by Gasteiger charge is -2.36. The van der Waals surface area contributed by atoms with Crippen LogP contribution in [0.5, 0.6) is 0 Å². The summed E-state index contributed by atoms with van der Waals surface area (Å²) in [6, 6.07) is 13.2. The summed E-state index contributed by atoms with van der Waals surface area (Å²) >= 11 is 0. The van der Waals surface area contributed by atoms with Crippen LogP contribution in [-0.2, 0) is 21.2 Å². The SMILES string of the molecule is CCCCCC(=O)Nc1ccc(N2CCN(CC)CC2)c(S(=O)(=O)N[C@H]2CCCc3ccccc32)c1. The number of amides is 1. The first-order valence-electron chi connectivity index (χ1n) is 13.4. The Morgan fingerprint density at radius 3 is 2.56 bits per heavy atom. The first kappa shape index (κ1) is 26.6. The summed E-state index contributed by atoms with van der Waals surface area (Å²) in [4.78, 5) is 17.2. The highest BCUT2D eigenvalue weighted by Gasteiger charge is 2.30. The number of likely N-dealkylation sites (N-methyl/N-ethyl adjacent to an activating group) is 1. The molecule has 1 atom stereocenters. The van der Waals surface area contributed by atoms with E-state index in [0.717, 1.165) is 76.8 Å². The molecule has 36 heavy (non-hydrogen) atoms. The first-order valence-corrected chi connectivity index (χ1v) is 14.9. The zero-order valence-corrected chi connectivity index (χ0v) is 22.4. The van der Waals surface area contributed by atoms with Crippen molar-refractivity contribution in [2.75, 3.05) is 42.9 Å². The fourth-order valence-corrected chi connectivity index (χ4v) is 6.76. The topological polar surface area (TPSA) is 81.8 Å². The molecule has 0 radical (unpaired) electrons. The van der Waals surface area contributed by atoms with Gasteiger partial charge in [0.05, 0.1) is 5.69 Å². The number of carbonyl (C=O) groups is 1. The maximum Gasteiger partial charge on any atom is 0.243 e. The van der Waals surface area contributed by atoms with Crippen molar-refractivity contribution in [2.24, 2.45) is 0 Å². The second kappa shape index (κ2) is 12.2. The number of carbonyl (C=O) groups excluding carboxylic acids is 1. The fourth-order valence-electron chi connectivity index (χ4n) is 5.26. The Morgan fingerprint density at radius 2 is 1.81 bits per heavy atom. The molecular weight excluding hydrogens is 472 g/mol. The third-order valence-corrected chi connectivity index (χ3v) is 8.87. The van der Waals surface area contributed by atoms with Crippen LogP contribution in [-0.4, -0.2) is 51.9 Å². The molecule has 0 bridgehead atoms. The quantitative estimate of drug-likeness (QED) is 0.451. The molecule has 8 heteroatoms. The summed E-state index contributed by atoms with van der Waals surface area (Å²) in [6.45, 7) is 8.58. The molecule has 1 amide bonds. The standard InChI is InChI=1S/C28H40N4O3S/c1-3-5-6-14-28(33)29-23-15-16-26(32-19-17-31(4-2)18-20-32)27(21-23)36(34,35)30-25-13-9-11-22-10-7-8-12-24(22)25/h7-8,10,12,15-16,21,25,30H,3-6,9,11,13-14,17-20H2,1-2H3,(H,29,33)/t25-/m0/s1. The number of sulfonamides is 1. The van der Waals surface area contributed by atoms with E-state index >= 15 is 0 Å². The number of rotatable bonds is 10. The molecule has 1 saturated heterocycles. The van der Waals surface area contributed by atoms with E-state index in [9.17, 15) is 13.2 Å². The van der Waals surface area contributed by atoms with E-state index in [-0.39, 0.29) is 16.8 Å². The lowest BCUT2D eigenvalue weighted by atomic mass is 9.88. The predicted octanol–water partition coefficient (Wildman–Crippen LogP) is 4.70. The summed E-state index contributed by atoms with van der Waals surface area (Å²) in [5.74, 6) is -0.0784. The van der Waals surface area contributed by atoms with Gasteiger partial charge in [-0.05, 0) is 61.6 Å². The summed E-state index contributed by atoms with van der Waals surface area (Å²) in [7, 11) is -3.84. The van der Waals surface area contributed by atoms with E-state index in [1.807, 2.05) is 30.3 Å². The molecule has 2 aliphatic rings. The molecule has 1 fully saturated rings. The number of benzene rings is 2. The van der Waals surface area contributed by atoms with E-state index in [0.29, 0.717) is 17.8 Å². The van der Waals surface area contributed by atoms with Crippen LogP contribution in [0.1, 0.15) is 69.5 Å². The Bertz CT molecular complexity index is 1140. The molecule has 0 aromatic heterocycles. The van der Waals surface area contributed by atoms with Gasteiger partial charge in [-0.15, -0.1) is 0 Å². The molecule has 1 heterocycles. The van der Waals surface area contributed by atoms with Gasteiger partial charge >= 0.3 is 0 Å². The molecule has 0 spiro atoms. The van der Waals surface area contributed by atoms with Gasteiger partial charge in [-0.25, -0.2) is 13.1 Å². The van der Waals surface area contributed by atoms with E-state index < -0.39 is 10.0 Å². The van der Waals surface area contributed by atoms with Gasteiger partial charge in [0.25, 0.3) is 0 Å². The monoisotopic (exact) mass is 512 g/mol. The van der Waals surface area contributed by atoms with Crippen molar-refractivity contribution in [2.45, 2.75) is 69.7 Å². The van der Waals surface area contributed by atoms with Crippen LogP contribution in [0.25, 0.3) is 0 Å². The Kier molecular flexibility index (Phi) is 9.04. The largest absolute Gasteiger partial charge is 0.368 e. The second-order valence-corrected chi connectivity index (χ2v) is 11.6. The van der Waals surface area contributed by atoms with Crippen molar-refractivity contribution >= 4 is 27.3 Å². The Labute approximate surface area is 216 Å². The highest BCUT2D eigenvalue weighted by atomic mass is 32.2. The van der Waals surface area contributed by atoms with E-state index in [1.165, 1.54) is 5.56 Å². The number of hydrogen-bond acceptors (Lipinski definition) is 5. The van der Waals surface area contributed by atoms with Crippen LogP contribution in [0.15, 0.2) is 47.4 Å². The highest BCUT2D eigenvalue weighted by molar-refractivity contribution is 7.89. The van der Waals surface area contributed by atoms with Crippen LogP contribution >= 0.6 is 0 Å². The van der Waals surface area contributed by atoms with Crippen molar-refractivity contribution in [1.29, 1.82) is 0 Å². The predicted molar refractivity (Wildman–Crippen MR) is 146 cm³/mol. The number of unbranched alkanes of at least 4 members (excludes halogenated alkanes) is 2. The molecule has 0 saturated carbocycles. The van der Waals surface area contributed by atoms with Crippen LogP contribution in [0, 0.1) is 0 Å². The average Bonchev–Trinajstić information content (AvgIpc) is 2.89. The Balaban J connectivity index is 1.62. The van der Waals surface area contributed by atoms with Gasteiger partial charge in [0.2, 0.25) is 15.9 Å². The molecule has 1 aliphatic carbocycles. The van der Waals surface area contributed by atoms with Crippen molar-refractivity contribution in [3.8, 4) is 0 Å². The molecule has 4 rings (SSSR count). The number of nitrogens with zero attached hydrogens (tertiary/aromatic N) is 2. The molecule has 7 nitrogen and oxygen atoms in total. The first-order chi connectivity index (χ1) is 17.4. The minimum absolute atomic E-state index is 0.0784. The van der Waals surface area contributed by atoms with Crippen LogP contribution in [0.4, 0.5) is 11.4 Å². The normalized spacial score (nSPS) is 18.6. The van der Waals surface area contributed by atoms with Crippen molar-refractivity contribution in [3.63, 3.8) is 0 Å². The number of aryl methyl sites for hydroxylation is 1. The van der Waals surface area contributed by atoms with E-state index in [2.05, 4.69) is 39.8 Å². The van der Waals surface area contributed by atoms with Crippen molar-refractivity contribution in [1.82, 2.24) is 9.62 Å². The van der Waals surface area contributed by atoms with Gasteiger partial charge in [0, 0.05) is 44.3 Å². The lowest BCUT2D eigenvalue weighted by molar-refractivity contribution is -0.116. The summed E-state index contributed by atoms with van der Waals surface area (Å²) in [5.41, 5.74) is 3.49. The minimum atomic E-state index is -3.84. The minimum Gasteiger partial charge on any atom is -0.368 e.